The van der Waals surface area contributed by atoms with Crippen LogP contribution in [-0.4, -0.2) is 12.6 Å². The van der Waals surface area contributed by atoms with Gasteiger partial charge in [-0.15, -0.1) is 0 Å². The summed E-state index contributed by atoms with van der Waals surface area (Å²) in [5, 5.41) is 0. The summed E-state index contributed by atoms with van der Waals surface area (Å²) < 4.78 is 5.15. The highest BCUT2D eigenvalue weighted by Gasteiger charge is 2.09. The maximum atomic E-state index is 11.3. The van der Waals surface area contributed by atoms with E-state index >= 15 is 0 Å². The van der Waals surface area contributed by atoms with Crippen molar-refractivity contribution in [3.63, 3.8) is 0 Å². The molecule has 0 N–H and O–H groups in total. The van der Waals surface area contributed by atoms with E-state index < -0.39 is 0 Å². The summed E-state index contributed by atoms with van der Waals surface area (Å²) in [6.45, 7) is 10.6. The number of carbonyl (C=O) groups excluding carboxylic acids is 1. The lowest BCUT2D eigenvalue weighted by atomic mass is 10.00. The summed E-state index contributed by atoms with van der Waals surface area (Å²) in [5.41, 5.74) is 0.682. The van der Waals surface area contributed by atoms with Crippen LogP contribution >= 0.6 is 0 Å². The average molecular weight is 198 g/mol. The molecule has 0 bridgehead atoms. The van der Waals surface area contributed by atoms with E-state index in [1.54, 1.807) is 13.0 Å². The lowest BCUT2D eigenvalue weighted by Gasteiger charge is -2.14. The molecule has 0 rings (SSSR count). The number of hydrogen-bond acceptors (Lipinski definition) is 2. The van der Waals surface area contributed by atoms with Gasteiger partial charge in [0.15, 0.2) is 0 Å². The molecular weight excluding hydrogens is 176 g/mol. The van der Waals surface area contributed by atoms with Gasteiger partial charge < -0.3 is 4.74 Å². The fourth-order valence-corrected chi connectivity index (χ4v) is 1.32. The highest BCUT2D eigenvalue weighted by molar-refractivity contribution is 5.87. The number of carbonyl (C=O) groups is 1. The second-order valence-electron chi connectivity index (χ2n) is 4.30. The second kappa shape index (κ2) is 6.63. The minimum absolute atomic E-state index is 0.192. The average Bonchev–Trinajstić information content (AvgIpc) is 2.11. The molecule has 0 spiro atoms. The largest absolute Gasteiger partial charge is 0.462 e. The van der Waals surface area contributed by atoms with E-state index in [4.69, 9.17) is 4.74 Å². The van der Waals surface area contributed by atoms with Crippen LogP contribution in [0.1, 0.15) is 41.0 Å². The van der Waals surface area contributed by atoms with Gasteiger partial charge in [0.2, 0.25) is 0 Å². The van der Waals surface area contributed by atoms with E-state index in [2.05, 4.69) is 20.8 Å². The van der Waals surface area contributed by atoms with Crippen molar-refractivity contribution in [3.8, 4) is 0 Å². The van der Waals surface area contributed by atoms with E-state index in [0.29, 0.717) is 24.0 Å². The van der Waals surface area contributed by atoms with Crippen LogP contribution in [0.3, 0.4) is 0 Å². The third-order valence-electron chi connectivity index (χ3n) is 2.13. The van der Waals surface area contributed by atoms with Gasteiger partial charge >= 0.3 is 5.97 Å². The van der Waals surface area contributed by atoms with Gasteiger partial charge in [-0.2, -0.15) is 0 Å². The van der Waals surface area contributed by atoms with E-state index in [9.17, 15) is 4.79 Å². The van der Waals surface area contributed by atoms with Gasteiger partial charge in [-0.25, -0.2) is 4.79 Å². The van der Waals surface area contributed by atoms with Crippen LogP contribution in [0.25, 0.3) is 0 Å². The molecule has 2 nitrogen and oxygen atoms in total. The molecule has 0 heterocycles. The lowest BCUT2D eigenvalue weighted by Crippen LogP contribution is -2.14. The molecule has 2 heteroatoms. The standard InChI is InChI=1S/C12H22O2/c1-6-11(5)12(13)14-8-10(4)7-9(2)3/h6,9-10H,7-8H2,1-5H3/b11-6+. The predicted octanol–water partition coefficient (Wildman–Crippen LogP) is 3.18. The number of allylic oxidation sites excluding steroid dienone is 1. The molecule has 0 fully saturated rings. The van der Waals surface area contributed by atoms with E-state index in [0.717, 1.165) is 6.42 Å². The summed E-state index contributed by atoms with van der Waals surface area (Å²) in [7, 11) is 0. The first kappa shape index (κ1) is 13.2. The van der Waals surface area contributed by atoms with Gasteiger partial charge in [-0.05, 0) is 32.1 Å². The zero-order valence-corrected chi connectivity index (χ0v) is 9.96. The molecule has 0 aliphatic heterocycles. The Morgan fingerprint density at radius 2 is 1.93 bits per heavy atom. The zero-order valence-electron chi connectivity index (χ0n) is 9.96. The highest BCUT2D eigenvalue weighted by atomic mass is 16.5. The summed E-state index contributed by atoms with van der Waals surface area (Å²) in [6, 6.07) is 0. The van der Waals surface area contributed by atoms with Crippen LogP contribution in [0, 0.1) is 11.8 Å². The molecule has 1 unspecified atom stereocenters. The predicted molar refractivity (Wildman–Crippen MR) is 59.0 cm³/mol. The highest BCUT2D eigenvalue weighted by Crippen LogP contribution is 2.11. The van der Waals surface area contributed by atoms with Crippen molar-refractivity contribution in [1.29, 1.82) is 0 Å². The van der Waals surface area contributed by atoms with Crippen molar-refractivity contribution < 1.29 is 9.53 Å². The molecule has 0 aromatic carbocycles. The van der Waals surface area contributed by atoms with Crippen molar-refractivity contribution in [2.45, 2.75) is 41.0 Å². The third-order valence-corrected chi connectivity index (χ3v) is 2.13. The summed E-state index contributed by atoms with van der Waals surface area (Å²) >= 11 is 0. The molecule has 1 atom stereocenters. The van der Waals surface area contributed by atoms with Gasteiger partial charge in [-0.1, -0.05) is 26.8 Å². The van der Waals surface area contributed by atoms with Crippen LogP contribution in [-0.2, 0) is 9.53 Å². The molecule has 0 aromatic rings. The first-order valence-corrected chi connectivity index (χ1v) is 5.27. The van der Waals surface area contributed by atoms with Crippen molar-refractivity contribution in [2.24, 2.45) is 11.8 Å². The molecule has 0 aromatic heterocycles. The van der Waals surface area contributed by atoms with Gasteiger partial charge in [0.05, 0.1) is 6.61 Å². The summed E-state index contributed by atoms with van der Waals surface area (Å²) in [6.07, 6.45) is 2.87. The maximum absolute atomic E-state index is 11.3. The van der Waals surface area contributed by atoms with Gasteiger partial charge in [0.25, 0.3) is 0 Å². The summed E-state index contributed by atoms with van der Waals surface area (Å²) in [5.74, 6) is 0.915. The Morgan fingerprint density at radius 3 is 2.36 bits per heavy atom. The van der Waals surface area contributed by atoms with Crippen molar-refractivity contribution in [1.82, 2.24) is 0 Å². The summed E-state index contributed by atoms with van der Waals surface area (Å²) in [4.78, 5) is 11.3. The van der Waals surface area contributed by atoms with E-state index in [1.165, 1.54) is 0 Å². The fraction of sp³-hybridized carbons (Fsp3) is 0.750. The lowest BCUT2D eigenvalue weighted by molar-refractivity contribution is -0.140. The number of hydrogen-bond donors (Lipinski definition) is 0. The monoisotopic (exact) mass is 198 g/mol. The maximum Gasteiger partial charge on any atom is 0.333 e. The molecule has 0 radical (unpaired) electrons. The van der Waals surface area contributed by atoms with Crippen molar-refractivity contribution in [2.75, 3.05) is 6.61 Å². The molecular formula is C12H22O2. The Labute approximate surface area is 87.3 Å². The minimum Gasteiger partial charge on any atom is -0.462 e. The SMILES string of the molecule is C/C=C(\C)C(=O)OCC(C)CC(C)C. The van der Waals surface area contributed by atoms with Crippen LogP contribution < -0.4 is 0 Å². The first-order valence-electron chi connectivity index (χ1n) is 5.27. The molecule has 0 saturated carbocycles. The van der Waals surface area contributed by atoms with Gasteiger partial charge in [0.1, 0.15) is 0 Å². The Bertz CT molecular complexity index is 204. The normalized spacial score (nSPS) is 14.3. The second-order valence-corrected chi connectivity index (χ2v) is 4.30. The van der Waals surface area contributed by atoms with Crippen molar-refractivity contribution >= 4 is 5.97 Å². The van der Waals surface area contributed by atoms with Crippen LogP contribution in [0.4, 0.5) is 0 Å². The first-order chi connectivity index (χ1) is 6.47. The number of ether oxygens (including phenoxy) is 1. The Hall–Kier alpha value is -0.790. The van der Waals surface area contributed by atoms with Gasteiger partial charge in [0, 0.05) is 5.57 Å². The Balaban J connectivity index is 3.77. The number of rotatable bonds is 5. The van der Waals surface area contributed by atoms with Crippen molar-refractivity contribution in [3.05, 3.63) is 11.6 Å². The van der Waals surface area contributed by atoms with E-state index in [1.807, 2.05) is 6.92 Å². The third kappa shape index (κ3) is 5.79. The molecule has 82 valence electrons. The quantitative estimate of drug-likeness (QED) is 0.501. The van der Waals surface area contributed by atoms with Crippen LogP contribution in [0.15, 0.2) is 11.6 Å². The van der Waals surface area contributed by atoms with Crippen LogP contribution in [0.2, 0.25) is 0 Å². The zero-order chi connectivity index (χ0) is 11.1. The minimum atomic E-state index is -0.192. The number of esters is 1. The Morgan fingerprint density at radius 1 is 1.36 bits per heavy atom. The molecule has 0 aliphatic rings. The van der Waals surface area contributed by atoms with E-state index in [-0.39, 0.29) is 5.97 Å². The molecule has 0 aliphatic carbocycles. The van der Waals surface area contributed by atoms with Crippen LogP contribution in [0.5, 0.6) is 0 Å². The topological polar surface area (TPSA) is 26.3 Å². The van der Waals surface area contributed by atoms with Gasteiger partial charge in [-0.3, -0.25) is 0 Å². The molecule has 14 heavy (non-hydrogen) atoms. The Kier molecular flexibility index (Phi) is 6.26. The molecule has 0 saturated heterocycles. The molecule has 0 amide bonds. The smallest absolute Gasteiger partial charge is 0.333 e. The fourth-order valence-electron chi connectivity index (χ4n) is 1.32.